The molecule has 2 heterocycles. The molecule has 2 aromatic rings. The number of hydrogen-bond acceptors (Lipinski definition) is 4. The average Bonchev–Trinajstić information content (AvgIpc) is 3.02. The lowest BCUT2D eigenvalue weighted by Crippen LogP contribution is -2.36. The van der Waals surface area contributed by atoms with E-state index in [0.717, 1.165) is 5.56 Å². The zero-order valence-electron chi connectivity index (χ0n) is 14.3. The molecule has 0 fully saturated rings. The summed E-state index contributed by atoms with van der Waals surface area (Å²) in [6.07, 6.45) is 0.871. The normalized spacial score (nSPS) is 13.5. The summed E-state index contributed by atoms with van der Waals surface area (Å²) in [7, 11) is 3.33. The van der Waals surface area contributed by atoms with Crippen molar-refractivity contribution in [2.45, 2.75) is 25.8 Å². The van der Waals surface area contributed by atoms with Crippen LogP contribution in [0.25, 0.3) is 11.3 Å². The molecule has 0 unspecified atom stereocenters. The summed E-state index contributed by atoms with van der Waals surface area (Å²) in [5.74, 6) is 0.134. The molecule has 0 saturated heterocycles. The fourth-order valence-corrected chi connectivity index (χ4v) is 2.88. The highest BCUT2D eigenvalue weighted by atomic mass is 19.1. The third-order valence-corrected chi connectivity index (χ3v) is 4.36. The van der Waals surface area contributed by atoms with Gasteiger partial charge in [0.2, 0.25) is 11.8 Å². The van der Waals surface area contributed by atoms with Crippen LogP contribution in [0.15, 0.2) is 28.8 Å². The molecular weight excluding hydrogens is 325 g/mol. The maximum atomic E-state index is 14.1. The molecule has 0 radical (unpaired) electrons. The van der Waals surface area contributed by atoms with Gasteiger partial charge in [0.1, 0.15) is 17.3 Å². The van der Waals surface area contributed by atoms with Gasteiger partial charge in [-0.25, -0.2) is 4.39 Å². The van der Waals surface area contributed by atoms with Gasteiger partial charge in [0.15, 0.2) is 0 Å². The second kappa shape index (κ2) is 7.04. The molecule has 0 bridgehead atoms. The van der Waals surface area contributed by atoms with Crippen molar-refractivity contribution in [2.24, 2.45) is 0 Å². The van der Waals surface area contributed by atoms with E-state index >= 15 is 0 Å². The van der Waals surface area contributed by atoms with Gasteiger partial charge in [-0.2, -0.15) is 0 Å². The molecule has 7 heteroatoms. The summed E-state index contributed by atoms with van der Waals surface area (Å²) in [4.78, 5) is 27.2. The van der Waals surface area contributed by atoms with Crippen molar-refractivity contribution in [3.8, 4) is 11.3 Å². The van der Waals surface area contributed by atoms with Crippen LogP contribution in [-0.4, -0.2) is 47.4 Å². The van der Waals surface area contributed by atoms with Gasteiger partial charge in [-0.05, 0) is 12.1 Å². The lowest BCUT2D eigenvalue weighted by molar-refractivity contribution is -0.136. The Bertz CT molecular complexity index is 801. The van der Waals surface area contributed by atoms with Gasteiger partial charge in [-0.3, -0.25) is 9.59 Å². The number of benzene rings is 1. The van der Waals surface area contributed by atoms with Crippen LogP contribution in [0.1, 0.15) is 24.2 Å². The molecule has 1 aromatic carbocycles. The Kier molecular flexibility index (Phi) is 4.83. The molecule has 0 saturated carbocycles. The smallest absolute Gasteiger partial charge is 0.223 e. The van der Waals surface area contributed by atoms with Crippen molar-refractivity contribution in [2.75, 3.05) is 20.6 Å². The van der Waals surface area contributed by atoms with Crippen LogP contribution in [0.2, 0.25) is 0 Å². The second-order valence-corrected chi connectivity index (χ2v) is 6.27. The minimum Gasteiger partial charge on any atom is -0.360 e. The number of carbonyl (C=O) groups excluding carboxylic acids is 2. The lowest BCUT2D eigenvalue weighted by atomic mass is 10.0. The fourth-order valence-electron chi connectivity index (χ4n) is 2.88. The van der Waals surface area contributed by atoms with Crippen molar-refractivity contribution in [3.05, 3.63) is 41.4 Å². The van der Waals surface area contributed by atoms with Gasteiger partial charge >= 0.3 is 0 Å². The van der Waals surface area contributed by atoms with Crippen LogP contribution in [0.3, 0.4) is 0 Å². The van der Waals surface area contributed by atoms with Crippen LogP contribution in [0.5, 0.6) is 0 Å². The summed E-state index contributed by atoms with van der Waals surface area (Å²) in [6.45, 7) is 0.825. The first-order chi connectivity index (χ1) is 12.0. The van der Waals surface area contributed by atoms with E-state index in [0.29, 0.717) is 36.5 Å². The first-order valence-corrected chi connectivity index (χ1v) is 8.17. The number of hydrogen-bond donors (Lipinski definition) is 0. The number of amides is 2. The van der Waals surface area contributed by atoms with Crippen LogP contribution >= 0.6 is 0 Å². The molecular formula is C18H20FN3O3. The Morgan fingerprint density at radius 2 is 2.04 bits per heavy atom. The molecule has 2 amide bonds. The lowest BCUT2D eigenvalue weighted by Gasteiger charge is -2.26. The van der Waals surface area contributed by atoms with Gasteiger partial charge in [0, 0.05) is 51.0 Å². The van der Waals surface area contributed by atoms with E-state index in [9.17, 15) is 14.0 Å². The highest BCUT2D eigenvalue weighted by molar-refractivity contribution is 5.84. The molecule has 1 aliphatic rings. The minimum absolute atomic E-state index is 0.0805. The summed E-state index contributed by atoms with van der Waals surface area (Å²) < 4.78 is 19.4. The van der Waals surface area contributed by atoms with E-state index < -0.39 is 0 Å². The number of carbonyl (C=O) groups is 2. The molecule has 6 nitrogen and oxygen atoms in total. The third kappa shape index (κ3) is 3.55. The van der Waals surface area contributed by atoms with Crippen molar-refractivity contribution < 1.29 is 18.5 Å². The van der Waals surface area contributed by atoms with Crippen molar-refractivity contribution in [1.29, 1.82) is 0 Å². The Balaban J connectivity index is 1.75. The summed E-state index contributed by atoms with van der Waals surface area (Å²) in [5.41, 5.74) is 1.54. The molecule has 1 aromatic heterocycles. The van der Waals surface area contributed by atoms with Gasteiger partial charge in [-0.15, -0.1) is 0 Å². The number of fused-ring (bicyclic) bond motifs is 1. The molecule has 0 atom stereocenters. The standard InChI is InChI=1S/C18H20FN3O3/c1-21(2)16(23)7-8-17(24)22-10-9-15-13(11-22)18(20-25-15)12-5-3-4-6-14(12)19/h3-6H,7-11H2,1-2H3. The first-order valence-electron chi connectivity index (χ1n) is 8.17. The van der Waals surface area contributed by atoms with E-state index in [4.69, 9.17) is 4.52 Å². The number of aromatic nitrogens is 1. The molecule has 0 aliphatic carbocycles. The summed E-state index contributed by atoms with van der Waals surface area (Å²) in [5, 5.41) is 4.01. The predicted octanol–water partition coefficient (Wildman–Crippen LogP) is 2.23. The van der Waals surface area contributed by atoms with Crippen molar-refractivity contribution in [3.63, 3.8) is 0 Å². The zero-order chi connectivity index (χ0) is 18.0. The second-order valence-electron chi connectivity index (χ2n) is 6.27. The highest BCUT2D eigenvalue weighted by Gasteiger charge is 2.28. The van der Waals surface area contributed by atoms with Crippen LogP contribution in [0.4, 0.5) is 4.39 Å². The highest BCUT2D eigenvalue weighted by Crippen LogP contribution is 2.31. The van der Waals surface area contributed by atoms with E-state index in [1.54, 1.807) is 37.2 Å². The topological polar surface area (TPSA) is 66.7 Å². The SMILES string of the molecule is CN(C)C(=O)CCC(=O)N1CCc2onc(-c3ccccc3F)c2C1. The number of rotatable bonds is 4. The maximum absolute atomic E-state index is 14.1. The van der Waals surface area contributed by atoms with E-state index in [1.165, 1.54) is 11.0 Å². The first kappa shape index (κ1) is 17.1. The van der Waals surface area contributed by atoms with Crippen molar-refractivity contribution >= 4 is 11.8 Å². The molecule has 0 N–H and O–H groups in total. The Labute approximate surface area is 145 Å². The number of nitrogens with zero attached hydrogens (tertiary/aromatic N) is 3. The summed E-state index contributed by atoms with van der Waals surface area (Å²) in [6, 6.07) is 6.36. The van der Waals surface area contributed by atoms with Gasteiger partial charge in [0.25, 0.3) is 0 Å². The average molecular weight is 345 g/mol. The molecule has 25 heavy (non-hydrogen) atoms. The van der Waals surface area contributed by atoms with Gasteiger partial charge < -0.3 is 14.3 Å². The number of halogens is 1. The zero-order valence-corrected chi connectivity index (χ0v) is 14.3. The van der Waals surface area contributed by atoms with E-state index in [1.807, 2.05) is 0 Å². The van der Waals surface area contributed by atoms with E-state index in [-0.39, 0.29) is 30.5 Å². The molecule has 1 aliphatic heterocycles. The third-order valence-electron chi connectivity index (χ3n) is 4.36. The Morgan fingerprint density at radius 1 is 1.28 bits per heavy atom. The fraction of sp³-hybridized carbons (Fsp3) is 0.389. The molecule has 0 spiro atoms. The Morgan fingerprint density at radius 3 is 2.76 bits per heavy atom. The maximum Gasteiger partial charge on any atom is 0.223 e. The van der Waals surface area contributed by atoms with Gasteiger partial charge in [0.05, 0.1) is 6.54 Å². The van der Waals surface area contributed by atoms with E-state index in [2.05, 4.69) is 5.16 Å². The summed E-state index contributed by atoms with van der Waals surface area (Å²) >= 11 is 0. The largest absolute Gasteiger partial charge is 0.360 e. The Hall–Kier alpha value is -2.70. The van der Waals surface area contributed by atoms with Crippen LogP contribution < -0.4 is 0 Å². The molecule has 3 rings (SSSR count). The van der Waals surface area contributed by atoms with Crippen LogP contribution in [0, 0.1) is 5.82 Å². The molecule has 132 valence electrons. The van der Waals surface area contributed by atoms with Crippen molar-refractivity contribution in [1.82, 2.24) is 15.0 Å². The van der Waals surface area contributed by atoms with Crippen LogP contribution in [-0.2, 0) is 22.6 Å². The van der Waals surface area contributed by atoms with Gasteiger partial charge in [-0.1, -0.05) is 17.3 Å². The quantitative estimate of drug-likeness (QED) is 0.852. The monoisotopic (exact) mass is 345 g/mol. The minimum atomic E-state index is -0.376. The predicted molar refractivity (Wildman–Crippen MR) is 88.9 cm³/mol.